The van der Waals surface area contributed by atoms with Gasteiger partial charge in [0.25, 0.3) is 0 Å². The van der Waals surface area contributed by atoms with Crippen molar-refractivity contribution in [3.05, 3.63) is 42.1 Å². The number of anilines is 3. The Morgan fingerprint density at radius 2 is 1.62 bits per heavy atom. The smallest absolute Gasteiger partial charge is 0.227 e. The Bertz CT molecular complexity index is 890. The molecule has 5 rings (SSSR count). The van der Waals surface area contributed by atoms with Crippen LogP contribution < -0.4 is 20.0 Å². The van der Waals surface area contributed by atoms with Gasteiger partial charge in [-0.1, -0.05) is 18.2 Å². The molecule has 9 nitrogen and oxygen atoms in total. The molecule has 0 aliphatic carbocycles. The maximum Gasteiger partial charge on any atom is 0.227 e. The summed E-state index contributed by atoms with van der Waals surface area (Å²) in [5.41, 5.74) is 2.19. The van der Waals surface area contributed by atoms with Crippen molar-refractivity contribution in [1.29, 1.82) is 0 Å². The van der Waals surface area contributed by atoms with Gasteiger partial charge in [0.05, 0.1) is 12.3 Å². The number of ether oxygens (including phenoxy) is 1. The van der Waals surface area contributed by atoms with E-state index in [9.17, 15) is 4.79 Å². The molecule has 0 spiro atoms. The van der Waals surface area contributed by atoms with Crippen molar-refractivity contribution in [1.82, 2.24) is 20.2 Å². The Hall–Kier alpha value is -2.91. The van der Waals surface area contributed by atoms with Gasteiger partial charge in [0, 0.05) is 77.2 Å². The van der Waals surface area contributed by atoms with Gasteiger partial charge in [0.15, 0.2) is 0 Å². The second-order valence-electron chi connectivity index (χ2n) is 8.45. The molecular weight excluding hydrogens is 406 g/mol. The van der Waals surface area contributed by atoms with Crippen LogP contribution in [0.15, 0.2) is 36.4 Å². The highest BCUT2D eigenvalue weighted by atomic mass is 16.5. The van der Waals surface area contributed by atoms with Gasteiger partial charge in [-0.15, -0.1) is 0 Å². The molecule has 0 bridgehead atoms. The molecule has 1 aromatic heterocycles. The van der Waals surface area contributed by atoms with Crippen molar-refractivity contribution in [2.45, 2.75) is 6.10 Å². The number of piperazine rings is 2. The number of nitrogens with zero attached hydrogens (tertiary/aromatic N) is 6. The molecule has 3 aliphatic rings. The summed E-state index contributed by atoms with van der Waals surface area (Å²) in [7, 11) is 0. The van der Waals surface area contributed by atoms with Gasteiger partial charge < -0.3 is 29.7 Å². The third-order valence-corrected chi connectivity index (χ3v) is 6.45. The zero-order valence-corrected chi connectivity index (χ0v) is 18.4. The van der Waals surface area contributed by atoms with E-state index in [1.165, 1.54) is 5.69 Å². The number of aromatic nitrogens is 2. The predicted octanol–water partition coefficient (Wildman–Crippen LogP) is 0.743. The first kappa shape index (κ1) is 21.0. The maximum absolute atomic E-state index is 11.1. The third-order valence-electron chi connectivity index (χ3n) is 6.45. The molecule has 170 valence electrons. The van der Waals surface area contributed by atoms with Gasteiger partial charge >= 0.3 is 0 Å². The molecule has 2 aromatic rings. The monoisotopic (exact) mass is 437 g/mol. The van der Waals surface area contributed by atoms with Crippen LogP contribution in [0.2, 0.25) is 0 Å². The molecule has 0 saturated carbocycles. The highest BCUT2D eigenvalue weighted by molar-refractivity contribution is 5.52. The van der Waals surface area contributed by atoms with E-state index < -0.39 is 0 Å². The number of amides is 1. The Balaban J connectivity index is 1.35. The largest absolute Gasteiger partial charge is 0.369 e. The third kappa shape index (κ3) is 4.63. The summed E-state index contributed by atoms with van der Waals surface area (Å²) >= 11 is 0. The molecule has 32 heavy (non-hydrogen) atoms. The number of morpholine rings is 1. The zero-order valence-electron chi connectivity index (χ0n) is 18.4. The van der Waals surface area contributed by atoms with Gasteiger partial charge in [-0.05, 0) is 12.1 Å². The van der Waals surface area contributed by atoms with Crippen LogP contribution in [-0.4, -0.2) is 93.3 Å². The number of rotatable bonds is 5. The van der Waals surface area contributed by atoms with Crippen molar-refractivity contribution < 1.29 is 9.53 Å². The molecule has 0 radical (unpaired) electrons. The van der Waals surface area contributed by atoms with Crippen LogP contribution >= 0.6 is 0 Å². The Kier molecular flexibility index (Phi) is 6.36. The molecule has 9 heteroatoms. The average Bonchev–Trinajstić information content (AvgIpc) is 2.89. The van der Waals surface area contributed by atoms with Crippen molar-refractivity contribution in [2.24, 2.45) is 0 Å². The number of benzene rings is 1. The molecule has 3 saturated heterocycles. The Morgan fingerprint density at radius 3 is 2.31 bits per heavy atom. The number of carbonyl (C=O) groups excluding carboxylic acids is 1. The lowest BCUT2D eigenvalue weighted by Gasteiger charge is -2.37. The van der Waals surface area contributed by atoms with E-state index in [1.54, 1.807) is 0 Å². The van der Waals surface area contributed by atoms with Crippen LogP contribution in [0.5, 0.6) is 0 Å². The minimum absolute atomic E-state index is 0.0638. The van der Waals surface area contributed by atoms with Crippen molar-refractivity contribution >= 4 is 23.9 Å². The second-order valence-corrected chi connectivity index (χ2v) is 8.45. The van der Waals surface area contributed by atoms with Crippen molar-refractivity contribution in [2.75, 3.05) is 86.8 Å². The molecule has 4 heterocycles. The fraction of sp³-hybridized carbons (Fsp3) is 0.522. The summed E-state index contributed by atoms with van der Waals surface area (Å²) in [4.78, 5) is 29.8. The number of carbonyl (C=O) groups is 1. The average molecular weight is 438 g/mol. The molecule has 1 aromatic carbocycles. The Morgan fingerprint density at radius 1 is 0.906 bits per heavy atom. The van der Waals surface area contributed by atoms with Crippen LogP contribution in [0, 0.1) is 0 Å². The molecule has 1 unspecified atom stereocenters. The molecule has 1 N–H and O–H groups in total. The van der Waals surface area contributed by atoms with E-state index in [1.807, 2.05) is 4.90 Å². The van der Waals surface area contributed by atoms with Crippen molar-refractivity contribution in [3.63, 3.8) is 0 Å². The Labute approximate surface area is 189 Å². The van der Waals surface area contributed by atoms with E-state index in [-0.39, 0.29) is 6.10 Å². The highest BCUT2D eigenvalue weighted by Crippen LogP contribution is 2.26. The zero-order chi connectivity index (χ0) is 21.8. The topological polar surface area (TPSA) is 77.1 Å². The molecule has 3 fully saturated rings. The van der Waals surface area contributed by atoms with Gasteiger partial charge in [-0.2, -0.15) is 4.98 Å². The van der Waals surface area contributed by atoms with Gasteiger partial charge in [-0.3, -0.25) is 4.79 Å². The normalized spacial score (nSPS) is 22.2. The molecule has 1 amide bonds. The standard InChI is InChI=1S/C23H31N7O2/c31-18-27-7-9-29(10-8-27)22-16-20(21-17-24-6-15-32-21)25-23(26-22)30-13-11-28(12-14-30)19-4-2-1-3-5-19/h1-5,16,18,21,24H,6-15,17H2. The summed E-state index contributed by atoms with van der Waals surface area (Å²) in [6.07, 6.45) is 0.869. The van der Waals surface area contributed by atoms with Crippen LogP contribution in [0.3, 0.4) is 0 Å². The van der Waals surface area contributed by atoms with E-state index in [4.69, 9.17) is 14.7 Å². The quantitative estimate of drug-likeness (QED) is 0.687. The lowest BCUT2D eigenvalue weighted by molar-refractivity contribution is -0.118. The molecule has 1 atom stereocenters. The van der Waals surface area contributed by atoms with Crippen LogP contribution in [0.25, 0.3) is 0 Å². The summed E-state index contributed by atoms with van der Waals surface area (Å²) in [5.74, 6) is 1.70. The SMILES string of the molecule is O=CN1CCN(c2cc(C3CNCCO3)nc(N3CCN(c4ccccc4)CC3)n2)CC1. The van der Waals surface area contributed by atoms with Gasteiger partial charge in [0.2, 0.25) is 12.4 Å². The van der Waals surface area contributed by atoms with Crippen LogP contribution in [-0.2, 0) is 9.53 Å². The minimum Gasteiger partial charge on any atom is -0.369 e. The first-order chi connectivity index (χ1) is 15.8. The predicted molar refractivity (Wildman–Crippen MR) is 124 cm³/mol. The minimum atomic E-state index is -0.0638. The number of para-hydroxylation sites is 1. The first-order valence-electron chi connectivity index (χ1n) is 11.5. The van der Waals surface area contributed by atoms with E-state index >= 15 is 0 Å². The highest BCUT2D eigenvalue weighted by Gasteiger charge is 2.26. The lowest BCUT2D eigenvalue weighted by Crippen LogP contribution is -2.48. The van der Waals surface area contributed by atoms with E-state index in [0.717, 1.165) is 89.3 Å². The van der Waals surface area contributed by atoms with Crippen LogP contribution in [0.4, 0.5) is 17.5 Å². The van der Waals surface area contributed by atoms with E-state index in [2.05, 4.69) is 56.4 Å². The second kappa shape index (κ2) is 9.70. The van der Waals surface area contributed by atoms with E-state index in [0.29, 0.717) is 6.61 Å². The summed E-state index contributed by atoms with van der Waals surface area (Å²) < 4.78 is 6.01. The number of hydrogen-bond donors (Lipinski definition) is 1. The van der Waals surface area contributed by atoms with Gasteiger partial charge in [0.1, 0.15) is 11.9 Å². The molecular formula is C23H31N7O2. The first-order valence-corrected chi connectivity index (χ1v) is 11.5. The van der Waals surface area contributed by atoms with Crippen molar-refractivity contribution in [3.8, 4) is 0 Å². The van der Waals surface area contributed by atoms with Gasteiger partial charge in [-0.25, -0.2) is 4.98 Å². The van der Waals surface area contributed by atoms with Crippen LogP contribution in [0.1, 0.15) is 11.8 Å². The lowest BCUT2D eigenvalue weighted by atomic mass is 10.2. The number of nitrogens with one attached hydrogen (secondary N) is 1. The fourth-order valence-electron chi connectivity index (χ4n) is 4.52. The molecule has 3 aliphatic heterocycles. The fourth-order valence-corrected chi connectivity index (χ4v) is 4.52. The summed E-state index contributed by atoms with van der Waals surface area (Å²) in [6, 6.07) is 12.6. The maximum atomic E-state index is 11.1. The summed E-state index contributed by atoms with van der Waals surface area (Å²) in [6.45, 7) is 8.94. The summed E-state index contributed by atoms with van der Waals surface area (Å²) in [5, 5.41) is 3.40. The number of hydrogen-bond acceptors (Lipinski definition) is 8.